The van der Waals surface area contributed by atoms with Crippen LogP contribution in [-0.2, 0) is 11.2 Å². The minimum absolute atomic E-state index is 0.0326. The molecular formula is C23H24FN3O2. The van der Waals surface area contributed by atoms with Crippen molar-refractivity contribution in [1.29, 1.82) is 0 Å². The number of para-hydroxylation sites is 1. The van der Waals surface area contributed by atoms with Crippen LogP contribution in [0.25, 0.3) is 10.9 Å². The fourth-order valence-corrected chi connectivity index (χ4v) is 3.88. The van der Waals surface area contributed by atoms with E-state index in [1.807, 2.05) is 29.3 Å². The Labute approximate surface area is 168 Å². The van der Waals surface area contributed by atoms with Gasteiger partial charge in [-0.2, -0.15) is 0 Å². The molecule has 0 saturated carbocycles. The Hall–Kier alpha value is -3.15. The van der Waals surface area contributed by atoms with Gasteiger partial charge >= 0.3 is 0 Å². The summed E-state index contributed by atoms with van der Waals surface area (Å²) in [6, 6.07) is 13.7. The molecule has 0 spiro atoms. The number of H-pyrrole nitrogens is 1. The summed E-state index contributed by atoms with van der Waals surface area (Å²) in [5.41, 5.74) is 2.70. The maximum Gasteiger partial charge on any atom is 0.251 e. The van der Waals surface area contributed by atoms with Crippen molar-refractivity contribution in [2.24, 2.45) is 0 Å². The number of aryl methyl sites for hydroxylation is 1. The van der Waals surface area contributed by atoms with Crippen molar-refractivity contribution < 1.29 is 14.0 Å². The third kappa shape index (κ3) is 4.47. The first-order valence-corrected chi connectivity index (χ1v) is 9.99. The van der Waals surface area contributed by atoms with Gasteiger partial charge in [-0.3, -0.25) is 9.59 Å². The Bertz CT molecular complexity index is 1000. The highest BCUT2D eigenvalue weighted by Gasteiger charge is 2.24. The van der Waals surface area contributed by atoms with Crippen LogP contribution in [0.1, 0.15) is 35.2 Å². The lowest BCUT2D eigenvalue weighted by Gasteiger charge is -2.32. The second kappa shape index (κ2) is 8.47. The fraction of sp³-hybridized carbons (Fsp3) is 0.304. The first-order chi connectivity index (χ1) is 14.1. The summed E-state index contributed by atoms with van der Waals surface area (Å²) in [6.45, 7) is 1.28. The molecule has 1 aromatic heterocycles. The molecule has 2 amide bonds. The Balaban J connectivity index is 1.25. The van der Waals surface area contributed by atoms with Gasteiger partial charge in [0.1, 0.15) is 5.82 Å². The predicted octanol–water partition coefficient (Wildman–Crippen LogP) is 3.66. The summed E-state index contributed by atoms with van der Waals surface area (Å²) in [4.78, 5) is 30.0. The van der Waals surface area contributed by atoms with Crippen LogP contribution in [0, 0.1) is 5.82 Å². The highest BCUT2D eigenvalue weighted by Crippen LogP contribution is 2.20. The summed E-state index contributed by atoms with van der Waals surface area (Å²) in [7, 11) is 0. The lowest BCUT2D eigenvalue weighted by molar-refractivity contribution is -0.132. The Morgan fingerprint density at radius 1 is 1.07 bits per heavy atom. The number of rotatable bonds is 5. The van der Waals surface area contributed by atoms with Gasteiger partial charge in [-0.15, -0.1) is 0 Å². The first-order valence-electron chi connectivity index (χ1n) is 9.99. The van der Waals surface area contributed by atoms with Gasteiger partial charge in [-0.1, -0.05) is 18.2 Å². The second-order valence-corrected chi connectivity index (χ2v) is 7.49. The van der Waals surface area contributed by atoms with Crippen LogP contribution in [-0.4, -0.2) is 40.8 Å². The minimum Gasteiger partial charge on any atom is -0.361 e. The second-order valence-electron chi connectivity index (χ2n) is 7.49. The summed E-state index contributed by atoms with van der Waals surface area (Å²) in [6.07, 6.45) is 4.63. The number of fused-ring (bicyclic) bond motifs is 1. The van der Waals surface area contributed by atoms with Crippen molar-refractivity contribution in [2.75, 3.05) is 13.1 Å². The Morgan fingerprint density at radius 3 is 2.55 bits per heavy atom. The minimum atomic E-state index is -0.360. The Kier molecular flexibility index (Phi) is 5.60. The third-order valence-electron chi connectivity index (χ3n) is 5.57. The molecule has 1 aliphatic rings. The molecule has 0 aliphatic carbocycles. The van der Waals surface area contributed by atoms with E-state index in [1.54, 1.807) is 0 Å². The topological polar surface area (TPSA) is 65.2 Å². The largest absolute Gasteiger partial charge is 0.361 e. The molecule has 0 bridgehead atoms. The number of hydrogen-bond donors (Lipinski definition) is 2. The average molecular weight is 393 g/mol. The zero-order chi connectivity index (χ0) is 20.2. The monoisotopic (exact) mass is 393 g/mol. The Morgan fingerprint density at radius 2 is 1.79 bits per heavy atom. The molecule has 0 atom stereocenters. The zero-order valence-corrected chi connectivity index (χ0v) is 16.2. The van der Waals surface area contributed by atoms with E-state index in [0.29, 0.717) is 31.5 Å². The molecule has 1 aliphatic heterocycles. The van der Waals surface area contributed by atoms with Gasteiger partial charge in [0.15, 0.2) is 0 Å². The van der Waals surface area contributed by atoms with E-state index < -0.39 is 0 Å². The van der Waals surface area contributed by atoms with Crippen molar-refractivity contribution in [3.8, 4) is 0 Å². The number of likely N-dealkylation sites (tertiary alicyclic amines) is 1. The van der Waals surface area contributed by atoms with E-state index >= 15 is 0 Å². The van der Waals surface area contributed by atoms with Gasteiger partial charge in [0.25, 0.3) is 5.91 Å². The number of benzene rings is 2. The van der Waals surface area contributed by atoms with Crippen LogP contribution in [0.2, 0.25) is 0 Å². The summed E-state index contributed by atoms with van der Waals surface area (Å²) in [5.74, 6) is -0.409. The molecule has 6 heteroatoms. The number of halogens is 1. The molecule has 2 heterocycles. The predicted molar refractivity (Wildman–Crippen MR) is 110 cm³/mol. The molecule has 1 fully saturated rings. The fourth-order valence-electron chi connectivity index (χ4n) is 3.88. The number of hydrogen-bond acceptors (Lipinski definition) is 2. The quantitative estimate of drug-likeness (QED) is 0.695. The maximum atomic E-state index is 13.0. The molecule has 4 rings (SSSR count). The number of aromatic amines is 1. The molecule has 29 heavy (non-hydrogen) atoms. The highest BCUT2D eigenvalue weighted by atomic mass is 19.1. The van der Waals surface area contributed by atoms with E-state index in [-0.39, 0.29) is 23.7 Å². The van der Waals surface area contributed by atoms with E-state index in [9.17, 15) is 14.0 Å². The van der Waals surface area contributed by atoms with E-state index in [4.69, 9.17) is 0 Å². The highest BCUT2D eigenvalue weighted by molar-refractivity contribution is 5.94. The molecule has 1 saturated heterocycles. The van der Waals surface area contributed by atoms with E-state index in [0.717, 1.165) is 23.9 Å². The van der Waals surface area contributed by atoms with Crippen LogP contribution in [0.3, 0.4) is 0 Å². The number of nitrogens with one attached hydrogen (secondary N) is 2. The molecule has 2 aromatic carbocycles. The zero-order valence-electron chi connectivity index (χ0n) is 16.2. The SMILES string of the molecule is O=C(NC1CCN(C(=O)CCc2c[nH]c3ccccc23)CC1)c1ccc(F)cc1. The van der Waals surface area contributed by atoms with Gasteiger partial charge in [-0.05, 0) is 55.2 Å². The number of nitrogens with zero attached hydrogens (tertiary/aromatic N) is 1. The maximum absolute atomic E-state index is 13.0. The van der Waals surface area contributed by atoms with Crippen LogP contribution < -0.4 is 5.32 Å². The van der Waals surface area contributed by atoms with Gasteiger partial charge < -0.3 is 15.2 Å². The van der Waals surface area contributed by atoms with Crippen molar-refractivity contribution in [2.45, 2.75) is 31.7 Å². The third-order valence-corrected chi connectivity index (χ3v) is 5.57. The van der Waals surface area contributed by atoms with Crippen molar-refractivity contribution >= 4 is 22.7 Å². The molecule has 5 nitrogen and oxygen atoms in total. The lowest BCUT2D eigenvalue weighted by Crippen LogP contribution is -2.46. The standard InChI is InChI=1S/C23H24FN3O2/c24-18-8-5-16(6-9-18)23(29)26-19-11-13-27(14-12-19)22(28)10-7-17-15-25-21-4-2-1-3-20(17)21/h1-6,8-9,15,19,25H,7,10-14H2,(H,26,29). The van der Waals surface area contributed by atoms with Crippen LogP contribution in [0.4, 0.5) is 4.39 Å². The molecule has 3 aromatic rings. The van der Waals surface area contributed by atoms with Crippen LogP contribution in [0.15, 0.2) is 54.7 Å². The summed E-state index contributed by atoms with van der Waals surface area (Å²) < 4.78 is 13.0. The molecule has 0 radical (unpaired) electrons. The number of carbonyl (C=O) groups is 2. The molecule has 150 valence electrons. The number of piperidine rings is 1. The van der Waals surface area contributed by atoms with Gasteiger partial charge in [-0.25, -0.2) is 4.39 Å². The molecule has 2 N–H and O–H groups in total. The molecule has 0 unspecified atom stereocenters. The van der Waals surface area contributed by atoms with Crippen LogP contribution in [0.5, 0.6) is 0 Å². The lowest BCUT2D eigenvalue weighted by atomic mass is 10.0. The van der Waals surface area contributed by atoms with Crippen molar-refractivity contribution in [1.82, 2.24) is 15.2 Å². The average Bonchev–Trinajstić information content (AvgIpc) is 3.16. The normalized spacial score (nSPS) is 14.9. The molecular weight excluding hydrogens is 369 g/mol. The number of aromatic nitrogens is 1. The van der Waals surface area contributed by atoms with Gasteiger partial charge in [0.2, 0.25) is 5.91 Å². The van der Waals surface area contributed by atoms with Gasteiger partial charge in [0, 0.05) is 48.2 Å². The van der Waals surface area contributed by atoms with Crippen LogP contribution >= 0.6 is 0 Å². The van der Waals surface area contributed by atoms with E-state index in [2.05, 4.69) is 16.4 Å². The summed E-state index contributed by atoms with van der Waals surface area (Å²) in [5, 5.41) is 4.15. The van der Waals surface area contributed by atoms with Gasteiger partial charge in [0.05, 0.1) is 0 Å². The number of carbonyl (C=O) groups excluding carboxylic acids is 2. The first kappa shape index (κ1) is 19.2. The summed E-state index contributed by atoms with van der Waals surface area (Å²) >= 11 is 0. The van der Waals surface area contributed by atoms with Crippen molar-refractivity contribution in [3.05, 3.63) is 71.7 Å². The number of amides is 2. The van der Waals surface area contributed by atoms with Crippen molar-refractivity contribution in [3.63, 3.8) is 0 Å². The smallest absolute Gasteiger partial charge is 0.251 e. The van der Waals surface area contributed by atoms with E-state index in [1.165, 1.54) is 29.7 Å².